The number of rotatable bonds is 9. The van der Waals surface area contributed by atoms with Crippen LogP contribution in [0.25, 0.3) is 0 Å². The van der Waals surface area contributed by atoms with Gasteiger partial charge in [0.1, 0.15) is 5.75 Å². The van der Waals surface area contributed by atoms with Crippen molar-refractivity contribution in [2.45, 2.75) is 39.5 Å². The molecule has 8 heteroatoms. The molecule has 0 amide bonds. The van der Waals surface area contributed by atoms with Gasteiger partial charge in [-0.3, -0.25) is 9.89 Å². The van der Waals surface area contributed by atoms with Crippen LogP contribution in [0.5, 0.6) is 5.75 Å². The van der Waals surface area contributed by atoms with Crippen LogP contribution in [-0.2, 0) is 6.54 Å². The van der Waals surface area contributed by atoms with Gasteiger partial charge in [-0.15, -0.1) is 0 Å². The number of nitrogens with zero attached hydrogens (tertiary/aromatic N) is 2. The number of likely N-dealkylation sites (N-methyl/N-ethyl adjacent to an activating group) is 1. The Balaban J connectivity index is 2.43. The van der Waals surface area contributed by atoms with Crippen LogP contribution in [0.3, 0.4) is 0 Å². The monoisotopic (exact) mass is 374 g/mol. The third kappa shape index (κ3) is 8.42. The van der Waals surface area contributed by atoms with Gasteiger partial charge in [-0.1, -0.05) is 26.0 Å². The van der Waals surface area contributed by atoms with Gasteiger partial charge in [-0.2, -0.15) is 13.2 Å². The largest absolute Gasteiger partial charge is 0.484 e. The molecule has 0 aliphatic rings. The average Bonchev–Trinajstić information content (AvgIpc) is 2.61. The van der Waals surface area contributed by atoms with E-state index in [2.05, 4.69) is 41.3 Å². The molecule has 1 aromatic carbocycles. The number of halogens is 3. The lowest BCUT2D eigenvalue weighted by molar-refractivity contribution is -0.153. The van der Waals surface area contributed by atoms with Gasteiger partial charge in [0.15, 0.2) is 12.6 Å². The van der Waals surface area contributed by atoms with Crippen molar-refractivity contribution in [2.75, 3.05) is 33.3 Å². The molecular formula is C18H29F3N4O. The molecule has 0 aromatic heterocycles. The molecule has 0 saturated carbocycles. The van der Waals surface area contributed by atoms with Gasteiger partial charge in [-0.25, -0.2) is 0 Å². The molecule has 0 aliphatic heterocycles. The molecule has 0 fully saturated rings. The van der Waals surface area contributed by atoms with E-state index in [9.17, 15) is 13.2 Å². The van der Waals surface area contributed by atoms with Gasteiger partial charge in [0.25, 0.3) is 0 Å². The number of nitrogens with one attached hydrogen (secondary N) is 2. The third-order valence-corrected chi connectivity index (χ3v) is 4.01. The fourth-order valence-electron chi connectivity index (χ4n) is 2.50. The molecule has 0 spiro atoms. The molecule has 0 aliphatic carbocycles. The summed E-state index contributed by atoms with van der Waals surface area (Å²) in [6.07, 6.45) is -4.33. The lowest BCUT2D eigenvalue weighted by atomic mass is 10.2. The van der Waals surface area contributed by atoms with Gasteiger partial charge >= 0.3 is 6.18 Å². The number of benzene rings is 1. The Morgan fingerprint density at radius 3 is 2.27 bits per heavy atom. The van der Waals surface area contributed by atoms with Crippen molar-refractivity contribution in [1.29, 1.82) is 0 Å². The van der Waals surface area contributed by atoms with Crippen molar-refractivity contribution in [1.82, 2.24) is 15.5 Å². The number of hydrogen-bond acceptors (Lipinski definition) is 3. The minimum Gasteiger partial charge on any atom is -0.484 e. The highest BCUT2D eigenvalue weighted by Gasteiger charge is 2.28. The van der Waals surface area contributed by atoms with Crippen LogP contribution in [-0.4, -0.2) is 56.4 Å². The van der Waals surface area contributed by atoms with E-state index in [-0.39, 0.29) is 5.75 Å². The zero-order chi connectivity index (χ0) is 19.6. The Kier molecular flexibility index (Phi) is 9.26. The van der Waals surface area contributed by atoms with Crippen molar-refractivity contribution in [3.8, 4) is 5.75 Å². The average molecular weight is 374 g/mol. The summed E-state index contributed by atoms with van der Waals surface area (Å²) in [6, 6.07) is 6.89. The molecule has 1 atom stereocenters. The smallest absolute Gasteiger partial charge is 0.422 e. The highest BCUT2D eigenvalue weighted by atomic mass is 19.4. The van der Waals surface area contributed by atoms with E-state index in [1.807, 2.05) is 0 Å². The maximum absolute atomic E-state index is 12.1. The summed E-state index contributed by atoms with van der Waals surface area (Å²) in [5, 5.41) is 6.48. The van der Waals surface area contributed by atoms with Crippen LogP contribution in [0, 0.1) is 0 Å². The summed E-state index contributed by atoms with van der Waals surface area (Å²) in [7, 11) is 1.70. The van der Waals surface area contributed by atoms with E-state index in [1.54, 1.807) is 19.2 Å². The Bertz CT molecular complexity index is 542. The summed E-state index contributed by atoms with van der Waals surface area (Å²) in [5.41, 5.74) is 0.920. The fourth-order valence-corrected chi connectivity index (χ4v) is 2.50. The highest BCUT2D eigenvalue weighted by molar-refractivity contribution is 5.79. The first-order valence-corrected chi connectivity index (χ1v) is 8.76. The van der Waals surface area contributed by atoms with Gasteiger partial charge in [0.05, 0.1) is 0 Å². The number of aliphatic imine (C=N–C) groups is 1. The Morgan fingerprint density at radius 1 is 1.15 bits per heavy atom. The van der Waals surface area contributed by atoms with Crippen molar-refractivity contribution in [3.05, 3.63) is 29.8 Å². The van der Waals surface area contributed by atoms with Crippen LogP contribution in [0.15, 0.2) is 29.3 Å². The predicted molar refractivity (Wildman–Crippen MR) is 98.6 cm³/mol. The standard InChI is InChI=1S/C18H29F3N4O/c1-5-25(6-2)14(3)11-23-17(22-4)24-12-15-7-9-16(10-8-15)26-13-18(19,20)21/h7-10,14H,5-6,11-13H2,1-4H3,(H2,22,23,24). The van der Waals surface area contributed by atoms with Gasteiger partial charge in [-0.05, 0) is 37.7 Å². The van der Waals surface area contributed by atoms with Gasteiger partial charge in [0.2, 0.25) is 0 Å². The number of guanidine groups is 1. The summed E-state index contributed by atoms with van der Waals surface area (Å²) in [4.78, 5) is 6.53. The van der Waals surface area contributed by atoms with Crippen LogP contribution < -0.4 is 15.4 Å². The molecule has 148 valence electrons. The molecule has 2 N–H and O–H groups in total. The van der Waals surface area contributed by atoms with E-state index in [1.165, 1.54) is 12.1 Å². The van der Waals surface area contributed by atoms with Crippen molar-refractivity contribution >= 4 is 5.96 Å². The number of alkyl halides is 3. The summed E-state index contributed by atoms with van der Waals surface area (Å²) < 4.78 is 41.1. The number of ether oxygens (including phenoxy) is 1. The third-order valence-electron chi connectivity index (χ3n) is 4.01. The SMILES string of the molecule is CCN(CC)C(C)CNC(=NC)NCc1ccc(OCC(F)(F)F)cc1. The van der Waals surface area contributed by atoms with Crippen molar-refractivity contribution in [2.24, 2.45) is 4.99 Å². The van der Waals surface area contributed by atoms with Crippen LogP contribution >= 0.6 is 0 Å². The zero-order valence-electron chi connectivity index (χ0n) is 15.9. The van der Waals surface area contributed by atoms with E-state index in [0.29, 0.717) is 18.5 Å². The molecular weight excluding hydrogens is 345 g/mol. The molecule has 26 heavy (non-hydrogen) atoms. The van der Waals surface area contributed by atoms with E-state index >= 15 is 0 Å². The molecule has 0 saturated heterocycles. The first-order chi connectivity index (χ1) is 12.3. The van der Waals surface area contributed by atoms with Crippen LogP contribution in [0.1, 0.15) is 26.3 Å². The molecule has 1 rings (SSSR count). The quantitative estimate of drug-likeness (QED) is 0.515. The van der Waals surface area contributed by atoms with E-state index in [4.69, 9.17) is 4.74 Å². The topological polar surface area (TPSA) is 48.9 Å². The lowest BCUT2D eigenvalue weighted by Gasteiger charge is -2.27. The summed E-state index contributed by atoms with van der Waals surface area (Å²) in [5.74, 6) is 0.878. The summed E-state index contributed by atoms with van der Waals surface area (Å²) in [6.45, 7) is 8.41. The second-order valence-corrected chi connectivity index (χ2v) is 5.92. The summed E-state index contributed by atoms with van der Waals surface area (Å²) >= 11 is 0. The molecule has 0 bridgehead atoms. The first kappa shape index (κ1) is 22.1. The molecule has 0 heterocycles. The normalized spacial score (nSPS) is 13.6. The van der Waals surface area contributed by atoms with E-state index < -0.39 is 12.8 Å². The predicted octanol–water partition coefficient (Wildman–Crippen LogP) is 3.02. The van der Waals surface area contributed by atoms with E-state index in [0.717, 1.165) is 25.2 Å². The molecule has 1 unspecified atom stereocenters. The zero-order valence-corrected chi connectivity index (χ0v) is 15.9. The fraction of sp³-hybridized carbons (Fsp3) is 0.611. The van der Waals surface area contributed by atoms with Crippen LogP contribution in [0.4, 0.5) is 13.2 Å². The van der Waals surface area contributed by atoms with Crippen LogP contribution in [0.2, 0.25) is 0 Å². The van der Waals surface area contributed by atoms with Gasteiger partial charge < -0.3 is 15.4 Å². The minimum absolute atomic E-state index is 0.196. The molecule has 0 radical (unpaired) electrons. The Labute approximate surface area is 153 Å². The Hall–Kier alpha value is -1.96. The Morgan fingerprint density at radius 2 is 1.77 bits per heavy atom. The van der Waals surface area contributed by atoms with Crippen molar-refractivity contribution in [3.63, 3.8) is 0 Å². The maximum Gasteiger partial charge on any atom is 0.422 e. The second-order valence-electron chi connectivity index (χ2n) is 5.92. The van der Waals surface area contributed by atoms with Gasteiger partial charge in [0, 0.05) is 26.2 Å². The highest BCUT2D eigenvalue weighted by Crippen LogP contribution is 2.18. The number of hydrogen-bond donors (Lipinski definition) is 2. The first-order valence-electron chi connectivity index (χ1n) is 8.76. The van der Waals surface area contributed by atoms with Crippen molar-refractivity contribution < 1.29 is 17.9 Å². The molecule has 1 aromatic rings. The second kappa shape index (κ2) is 10.9. The lowest BCUT2D eigenvalue weighted by Crippen LogP contribution is -2.45. The molecule has 5 nitrogen and oxygen atoms in total. The maximum atomic E-state index is 12.1. The minimum atomic E-state index is -4.33.